The van der Waals surface area contributed by atoms with Crippen LogP contribution in [0.4, 0.5) is 22.0 Å². The second kappa shape index (κ2) is 7.26. The molecule has 1 heterocycles. The lowest BCUT2D eigenvalue weighted by Gasteiger charge is -2.26. The van der Waals surface area contributed by atoms with Crippen molar-refractivity contribution in [1.82, 2.24) is 4.90 Å². The third-order valence-corrected chi connectivity index (χ3v) is 4.15. The molecule has 1 unspecified atom stereocenters. The predicted octanol–water partition coefficient (Wildman–Crippen LogP) is 1.82. The summed E-state index contributed by atoms with van der Waals surface area (Å²) in [6.07, 6.45) is -8.69. The minimum Gasteiger partial charge on any atom is -0.445 e. The maximum atomic E-state index is 13.2. The van der Waals surface area contributed by atoms with Crippen molar-refractivity contribution < 1.29 is 44.5 Å². The van der Waals surface area contributed by atoms with E-state index in [0.29, 0.717) is 6.54 Å². The molecule has 0 saturated carbocycles. The number of alkyl halides is 5. The first-order valence-electron chi connectivity index (χ1n) is 6.69. The lowest BCUT2D eigenvalue weighted by molar-refractivity contribution is -0.259. The smallest absolute Gasteiger partial charge is 0.432 e. The Bertz CT molecular complexity index is 515. The van der Waals surface area contributed by atoms with Crippen LogP contribution < -0.4 is 0 Å². The molecule has 1 N–H and O–H groups in total. The van der Waals surface area contributed by atoms with Gasteiger partial charge in [0.25, 0.3) is 6.10 Å². The van der Waals surface area contributed by atoms with Gasteiger partial charge < -0.3 is 9.64 Å². The Labute approximate surface area is 129 Å². The number of halogens is 5. The van der Waals surface area contributed by atoms with Crippen molar-refractivity contribution >= 4 is 16.1 Å². The molecule has 1 saturated heterocycles. The Hall–Kier alpha value is -1.01. The first-order chi connectivity index (χ1) is 10.4. The summed E-state index contributed by atoms with van der Waals surface area (Å²) in [6.45, 7) is 1.95. The molecule has 0 aromatic rings. The molecule has 0 bridgehead atoms. The first-order valence-corrected chi connectivity index (χ1v) is 8.13. The number of hydrogen-bond acceptors (Lipinski definition) is 5. The van der Waals surface area contributed by atoms with Crippen LogP contribution in [0.1, 0.15) is 25.7 Å². The standard InChI is InChI=1S/C11H16F5NO5S/c12-10(13,14)9(11(15,16)23(19,20)21)22-8(18)4-3-7-17-5-1-2-6-17/h9H,1-7H2,(H,19,20,21). The van der Waals surface area contributed by atoms with Gasteiger partial charge in [-0.3, -0.25) is 9.35 Å². The zero-order valence-corrected chi connectivity index (χ0v) is 12.7. The van der Waals surface area contributed by atoms with E-state index in [1.807, 2.05) is 4.90 Å². The Morgan fingerprint density at radius 2 is 1.70 bits per heavy atom. The van der Waals surface area contributed by atoms with Gasteiger partial charge in [-0.25, -0.2) is 0 Å². The van der Waals surface area contributed by atoms with Crippen LogP contribution in [-0.4, -0.2) is 61.0 Å². The average molecular weight is 369 g/mol. The maximum Gasteiger partial charge on any atom is 0.432 e. The predicted molar refractivity (Wildman–Crippen MR) is 67.3 cm³/mol. The van der Waals surface area contributed by atoms with Crippen LogP contribution in [0.5, 0.6) is 0 Å². The van der Waals surface area contributed by atoms with Crippen molar-refractivity contribution in [2.75, 3.05) is 19.6 Å². The fourth-order valence-electron chi connectivity index (χ4n) is 2.10. The Balaban J connectivity index is 2.65. The summed E-state index contributed by atoms with van der Waals surface area (Å²) in [5, 5.41) is -5.68. The molecule has 0 aromatic carbocycles. The fourth-order valence-corrected chi connectivity index (χ4v) is 2.56. The van der Waals surface area contributed by atoms with Crippen molar-refractivity contribution in [2.24, 2.45) is 0 Å². The topological polar surface area (TPSA) is 83.9 Å². The van der Waals surface area contributed by atoms with Gasteiger partial charge in [0.15, 0.2) is 0 Å². The Kier molecular flexibility index (Phi) is 6.32. The average Bonchev–Trinajstić information content (AvgIpc) is 2.86. The molecule has 12 heteroatoms. The normalized spacial score (nSPS) is 18.9. The van der Waals surface area contributed by atoms with E-state index in [9.17, 15) is 35.2 Å². The van der Waals surface area contributed by atoms with Crippen molar-refractivity contribution in [3.8, 4) is 0 Å². The zero-order valence-electron chi connectivity index (χ0n) is 11.9. The summed E-state index contributed by atoms with van der Waals surface area (Å²) in [6, 6.07) is 0. The lowest BCUT2D eigenvalue weighted by atomic mass is 10.3. The molecule has 0 spiro atoms. The lowest BCUT2D eigenvalue weighted by Crippen LogP contribution is -2.52. The molecule has 0 amide bonds. The zero-order chi connectivity index (χ0) is 17.9. The van der Waals surface area contributed by atoms with Crippen LogP contribution in [0.3, 0.4) is 0 Å². The minimum absolute atomic E-state index is 0.0842. The number of esters is 1. The highest BCUT2D eigenvalue weighted by molar-refractivity contribution is 7.86. The van der Waals surface area contributed by atoms with Gasteiger partial charge in [0.1, 0.15) is 0 Å². The molecule has 0 aliphatic carbocycles. The summed E-state index contributed by atoms with van der Waals surface area (Å²) in [5.74, 6) is -1.62. The van der Waals surface area contributed by atoms with E-state index in [4.69, 9.17) is 4.55 Å². The molecule has 0 aromatic heterocycles. The van der Waals surface area contributed by atoms with Crippen LogP contribution in [0.15, 0.2) is 0 Å². The monoisotopic (exact) mass is 369 g/mol. The largest absolute Gasteiger partial charge is 0.445 e. The van der Waals surface area contributed by atoms with Crippen LogP contribution in [0, 0.1) is 0 Å². The number of carbonyl (C=O) groups is 1. The van der Waals surface area contributed by atoms with E-state index in [2.05, 4.69) is 4.74 Å². The highest BCUT2D eigenvalue weighted by Gasteiger charge is 2.65. The van der Waals surface area contributed by atoms with Crippen molar-refractivity contribution in [3.05, 3.63) is 0 Å². The molecule has 1 aliphatic heterocycles. The summed E-state index contributed by atoms with van der Waals surface area (Å²) in [5.41, 5.74) is 0. The Morgan fingerprint density at radius 1 is 1.17 bits per heavy atom. The molecular weight excluding hydrogens is 353 g/mol. The number of hydrogen-bond donors (Lipinski definition) is 1. The highest BCUT2D eigenvalue weighted by Crippen LogP contribution is 2.38. The van der Waals surface area contributed by atoms with Crippen molar-refractivity contribution in [3.63, 3.8) is 0 Å². The van der Waals surface area contributed by atoms with E-state index < -0.39 is 40.0 Å². The number of nitrogens with zero attached hydrogens (tertiary/aromatic N) is 1. The summed E-state index contributed by atoms with van der Waals surface area (Å²) in [7, 11) is -6.40. The summed E-state index contributed by atoms with van der Waals surface area (Å²) < 4.78 is 96.6. The number of carbonyl (C=O) groups excluding carboxylic acids is 1. The molecule has 1 fully saturated rings. The minimum atomic E-state index is -6.40. The molecule has 6 nitrogen and oxygen atoms in total. The summed E-state index contributed by atoms with van der Waals surface area (Å²) in [4.78, 5) is 13.2. The van der Waals surface area contributed by atoms with Gasteiger partial charge in [-0.15, -0.1) is 0 Å². The number of likely N-dealkylation sites (tertiary alicyclic amines) is 1. The van der Waals surface area contributed by atoms with Gasteiger partial charge in [0, 0.05) is 6.42 Å². The Morgan fingerprint density at radius 3 is 2.13 bits per heavy atom. The van der Waals surface area contributed by atoms with E-state index in [1.54, 1.807) is 0 Å². The van der Waals surface area contributed by atoms with Crippen LogP contribution in [0.25, 0.3) is 0 Å². The van der Waals surface area contributed by atoms with Gasteiger partial charge in [-0.05, 0) is 38.9 Å². The molecule has 0 radical (unpaired) electrons. The maximum absolute atomic E-state index is 13.2. The molecule has 136 valence electrons. The van der Waals surface area contributed by atoms with Gasteiger partial charge >= 0.3 is 27.5 Å². The van der Waals surface area contributed by atoms with E-state index >= 15 is 0 Å². The van der Waals surface area contributed by atoms with Gasteiger partial charge in [0.2, 0.25) is 0 Å². The third-order valence-electron chi connectivity index (χ3n) is 3.25. The molecule has 1 aliphatic rings. The third kappa shape index (κ3) is 5.53. The number of rotatable bonds is 7. The molecular formula is C11H16F5NO5S. The van der Waals surface area contributed by atoms with Crippen molar-refractivity contribution in [1.29, 1.82) is 0 Å². The SMILES string of the molecule is O=C(CCCN1CCCC1)OC(C(F)(F)F)C(F)(F)S(=O)(=O)O. The van der Waals surface area contributed by atoms with Crippen LogP contribution >= 0.6 is 0 Å². The van der Waals surface area contributed by atoms with Crippen molar-refractivity contribution in [2.45, 2.75) is 43.2 Å². The first kappa shape index (κ1) is 20.0. The van der Waals surface area contributed by atoms with Crippen LogP contribution in [0.2, 0.25) is 0 Å². The summed E-state index contributed by atoms with van der Waals surface area (Å²) >= 11 is 0. The van der Waals surface area contributed by atoms with Gasteiger partial charge in [-0.2, -0.15) is 30.4 Å². The second-order valence-corrected chi connectivity index (χ2v) is 6.60. The second-order valence-electron chi connectivity index (χ2n) is 5.10. The van der Waals surface area contributed by atoms with E-state index in [-0.39, 0.29) is 6.42 Å². The van der Waals surface area contributed by atoms with Crippen LogP contribution in [-0.2, 0) is 19.6 Å². The van der Waals surface area contributed by atoms with Gasteiger partial charge in [-0.1, -0.05) is 0 Å². The number of ether oxygens (including phenoxy) is 1. The quantitative estimate of drug-likeness (QED) is 0.419. The molecule has 1 rings (SSSR count). The highest BCUT2D eigenvalue weighted by atomic mass is 32.2. The molecule has 23 heavy (non-hydrogen) atoms. The van der Waals surface area contributed by atoms with Gasteiger partial charge in [0.05, 0.1) is 0 Å². The molecule has 1 atom stereocenters. The van der Waals surface area contributed by atoms with E-state index in [1.165, 1.54) is 0 Å². The van der Waals surface area contributed by atoms with E-state index in [0.717, 1.165) is 25.9 Å². The fraction of sp³-hybridized carbons (Fsp3) is 0.909.